The van der Waals surface area contributed by atoms with Crippen molar-refractivity contribution in [3.63, 3.8) is 0 Å². The fourth-order valence-electron chi connectivity index (χ4n) is 3.57. The average molecular weight is 380 g/mol. The number of ether oxygens (including phenoxy) is 1. The van der Waals surface area contributed by atoms with Gasteiger partial charge in [-0.05, 0) is 35.6 Å². The molecule has 0 radical (unpaired) electrons. The first kappa shape index (κ1) is 15.1. The first-order valence-electron chi connectivity index (χ1n) is 7.77. The Morgan fingerprint density at radius 1 is 1.35 bits per heavy atom. The van der Waals surface area contributed by atoms with Gasteiger partial charge >= 0.3 is 0 Å². The molecule has 1 unspecified atom stereocenters. The lowest BCUT2D eigenvalue weighted by Crippen LogP contribution is -2.27. The summed E-state index contributed by atoms with van der Waals surface area (Å²) in [5.41, 5.74) is 3.11. The Hall–Kier alpha value is -1.44. The standard InChI is InChI=1S/C16H18BrN3O3/c1-10-4-11(2-3-14(10)17)16-15(18-23-20(16)21)7-19-5-12-8-22-9-13(12)6-19/h2-4,12-13H,5-9H2,1H3/t12-,13?/m0/s1. The predicted octanol–water partition coefficient (Wildman–Crippen LogP) is 2.12. The molecule has 0 spiro atoms. The number of likely N-dealkylation sites (tertiary alicyclic amines) is 1. The van der Waals surface area contributed by atoms with Crippen LogP contribution in [-0.2, 0) is 11.3 Å². The van der Waals surface area contributed by atoms with Crippen LogP contribution in [0.25, 0.3) is 11.3 Å². The van der Waals surface area contributed by atoms with Crippen LogP contribution in [-0.4, -0.2) is 36.4 Å². The number of hydrogen-bond donors (Lipinski definition) is 0. The van der Waals surface area contributed by atoms with Crippen molar-refractivity contribution in [1.82, 2.24) is 10.1 Å². The molecule has 23 heavy (non-hydrogen) atoms. The summed E-state index contributed by atoms with van der Waals surface area (Å²) in [5, 5.41) is 16.0. The molecular weight excluding hydrogens is 362 g/mol. The van der Waals surface area contributed by atoms with Gasteiger partial charge in [-0.15, -0.1) is 0 Å². The predicted molar refractivity (Wildman–Crippen MR) is 86.4 cm³/mol. The number of aryl methyl sites for hydroxylation is 1. The van der Waals surface area contributed by atoms with Crippen LogP contribution in [0.4, 0.5) is 0 Å². The van der Waals surface area contributed by atoms with Crippen LogP contribution >= 0.6 is 15.9 Å². The van der Waals surface area contributed by atoms with E-state index in [0.717, 1.165) is 41.9 Å². The molecule has 6 nitrogen and oxygen atoms in total. The van der Waals surface area contributed by atoms with E-state index in [1.807, 2.05) is 25.1 Å². The van der Waals surface area contributed by atoms with Crippen molar-refractivity contribution >= 4 is 15.9 Å². The van der Waals surface area contributed by atoms with Gasteiger partial charge in [-0.1, -0.05) is 15.9 Å². The highest BCUT2D eigenvalue weighted by Gasteiger charge is 2.38. The molecule has 0 bridgehead atoms. The smallest absolute Gasteiger partial charge is 0.240 e. The Balaban J connectivity index is 1.59. The summed E-state index contributed by atoms with van der Waals surface area (Å²) in [4.78, 5) is 2.85. The molecule has 0 amide bonds. The van der Waals surface area contributed by atoms with Gasteiger partial charge in [-0.3, -0.25) is 9.53 Å². The summed E-state index contributed by atoms with van der Waals surface area (Å²) >= 11 is 3.48. The summed E-state index contributed by atoms with van der Waals surface area (Å²) in [6, 6.07) is 5.83. The number of aromatic nitrogens is 2. The lowest BCUT2D eigenvalue weighted by molar-refractivity contribution is -0.793. The lowest BCUT2D eigenvalue weighted by Gasteiger charge is -2.14. The number of fused-ring (bicyclic) bond motifs is 1. The molecule has 1 aromatic heterocycles. The van der Waals surface area contributed by atoms with Crippen molar-refractivity contribution in [1.29, 1.82) is 0 Å². The maximum atomic E-state index is 12.0. The third kappa shape index (κ3) is 2.77. The SMILES string of the molecule is Cc1cc(-c2c(CN3CC4COC[C@@H]4C3)no[n+]2[O-])ccc1Br. The molecule has 2 aliphatic heterocycles. The molecule has 2 fully saturated rings. The Morgan fingerprint density at radius 2 is 2.09 bits per heavy atom. The first-order valence-corrected chi connectivity index (χ1v) is 8.56. The van der Waals surface area contributed by atoms with Gasteiger partial charge in [0.25, 0.3) is 0 Å². The van der Waals surface area contributed by atoms with Crippen LogP contribution in [0.5, 0.6) is 0 Å². The zero-order chi connectivity index (χ0) is 16.0. The van der Waals surface area contributed by atoms with E-state index in [-0.39, 0.29) is 0 Å². The minimum atomic E-state index is 0.508. The van der Waals surface area contributed by atoms with E-state index >= 15 is 0 Å². The molecule has 122 valence electrons. The van der Waals surface area contributed by atoms with Gasteiger partial charge in [0, 0.05) is 40.1 Å². The number of benzene rings is 1. The minimum absolute atomic E-state index is 0.508. The summed E-state index contributed by atoms with van der Waals surface area (Å²) in [6.07, 6.45) is 0. The van der Waals surface area contributed by atoms with Crippen molar-refractivity contribution in [3.05, 3.63) is 39.1 Å². The van der Waals surface area contributed by atoms with Crippen LogP contribution in [0.15, 0.2) is 27.3 Å². The summed E-state index contributed by atoms with van der Waals surface area (Å²) < 4.78 is 11.4. The third-order valence-electron chi connectivity index (χ3n) is 4.80. The summed E-state index contributed by atoms with van der Waals surface area (Å²) in [5.74, 6) is 1.22. The second kappa shape index (κ2) is 5.89. The number of nitrogens with zero attached hydrogens (tertiary/aromatic N) is 3. The van der Waals surface area contributed by atoms with Crippen LogP contribution in [0.1, 0.15) is 11.3 Å². The lowest BCUT2D eigenvalue weighted by atomic mass is 10.0. The van der Waals surface area contributed by atoms with E-state index in [9.17, 15) is 5.21 Å². The molecule has 2 atom stereocenters. The number of halogens is 1. The van der Waals surface area contributed by atoms with Crippen LogP contribution in [0, 0.1) is 24.0 Å². The highest BCUT2D eigenvalue weighted by atomic mass is 79.9. The van der Waals surface area contributed by atoms with Gasteiger partial charge in [-0.25, -0.2) is 0 Å². The maximum absolute atomic E-state index is 12.0. The number of hydrogen-bond acceptors (Lipinski definition) is 5. The van der Waals surface area contributed by atoms with Crippen molar-refractivity contribution in [2.24, 2.45) is 11.8 Å². The molecule has 7 heteroatoms. The maximum Gasteiger partial charge on any atom is 0.240 e. The molecule has 4 rings (SSSR count). The Morgan fingerprint density at radius 3 is 2.78 bits per heavy atom. The molecule has 2 aromatic rings. The second-order valence-electron chi connectivity index (χ2n) is 6.44. The fourth-order valence-corrected chi connectivity index (χ4v) is 3.82. The van der Waals surface area contributed by atoms with Crippen molar-refractivity contribution in [2.45, 2.75) is 13.5 Å². The van der Waals surface area contributed by atoms with Gasteiger partial charge < -0.3 is 9.94 Å². The van der Waals surface area contributed by atoms with E-state index in [1.54, 1.807) is 0 Å². The third-order valence-corrected chi connectivity index (χ3v) is 5.69. The topological polar surface area (TPSA) is 65.4 Å². The molecule has 0 N–H and O–H groups in total. The number of rotatable bonds is 3. The fraction of sp³-hybridized carbons (Fsp3) is 0.500. The van der Waals surface area contributed by atoms with Crippen LogP contribution in [0.3, 0.4) is 0 Å². The molecule has 2 saturated heterocycles. The van der Waals surface area contributed by atoms with Gasteiger partial charge in [0.15, 0.2) is 0 Å². The summed E-state index contributed by atoms with van der Waals surface area (Å²) in [7, 11) is 0. The van der Waals surface area contributed by atoms with Gasteiger partial charge in [0.05, 0.1) is 19.8 Å². The first-order chi connectivity index (χ1) is 11.1. The average Bonchev–Trinajstić information content (AvgIpc) is 3.18. The Kier molecular flexibility index (Phi) is 3.87. The molecule has 3 heterocycles. The van der Waals surface area contributed by atoms with E-state index in [0.29, 0.717) is 34.7 Å². The van der Waals surface area contributed by atoms with Gasteiger partial charge in [0.2, 0.25) is 11.4 Å². The Bertz CT molecular complexity index is 721. The molecule has 2 aliphatic rings. The van der Waals surface area contributed by atoms with Crippen molar-refractivity contribution < 1.29 is 14.3 Å². The summed E-state index contributed by atoms with van der Waals surface area (Å²) in [6.45, 7) is 6.32. The van der Waals surface area contributed by atoms with Crippen LogP contribution in [0.2, 0.25) is 0 Å². The Labute approximate surface area is 142 Å². The van der Waals surface area contributed by atoms with Crippen molar-refractivity contribution in [3.8, 4) is 11.3 Å². The van der Waals surface area contributed by atoms with Crippen LogP contribution < -0.4 is 4.90 Å². The highest BCUT2D eigenvalue weighted by molar-refractivity contribution is 9.10. The highest BCUT2D eigenvalue weighted by Crippen LogP contribution is 2.31. The monoisotopic (exact) mass is 379 g/mol. The largest absolute Gasteiger partial charge is 0.381 e. The molecule has 0 aliphatic carbocycles. The van der Waals surface area contributed by atoms with E-state index in [2.05, 4.69) is 26.0 Å². The molecule has 0 saturated carbocycles. The van der Waals surface area contributed by atoms with E-state index in [1.165, 1.54) is 0 Å². The molecular formula is C16H18BrN3O3. The van der Waals surface area contributed by atoms with Gasteiger partial charge in [-0.2, -0.15) is 0 Å². The quantitative estimate of drug-likeness (QED) is 0.764. The van der Waals surface area contributed by atoms with Gasteiger partial charge in [0.1, 0.15) is 0 Å². The second-order valence-corrected chi connectivity index (χ2v) is 7.30. The zero-order valence-electron chi connectivity index (χ0n) is 12.9. The van der Waals surface area contributed by atoms with Crippen molar-refractivity contribution in [2.75, 3.05) is 26.3 Å². The van der Waals surface area contributed by atoms with E-state index < -0.39 is 0 Å². The normalized spacial score (nSPS) is 24.3. The minimum Gasteiger partial charge on any atom is -0.381 e. The van der Waals surface area contributed by atoms with E-state index in [4.69, 9.17) is 9.37 Å². The molecule has 1 aromatic carbocycles. The zero-order valence-corrected chi connectivity index (χ0v) is 14.5.